The highest BCUT2D eigenvalue weighted by atomic mass is 16.7. The Bertz CT molecular complexity index is 1600. The summed E-state index contributed by atoms with van der Waals surface area (Å²) in [6.45, 7) is 5.58. The van der Waals surface area contributed by atoms with Crippen LogP contribution in [0.15, 0.2) is 97.2 Å². The Labute approximate surface area is 463 Å². The van der Waals surface area contributed by atoms with Gasteiger partial charge in [-0.15, -0.1) is 0 Å². The minimum Gasteiger partial charge on any atom is -0.454 e. The average Bonchev–Trinajstić information content (AvgIpc) is 3.42. The van der Waals surface area contributed by atoms with Gasteiger partial charge in [-0.3, -0.25) is 9.59 Å². The molecule has 1 aliphatic heterocycles. The first-order valence-corrected chi connectivity index (χ1v) is 30.6. The maximum absolute atomic E-state index is 13.4. The maximum atomic E-state index is 13.4. The van der Waals surface area contributed by atoms with E-state index >= 15 is 0 Å². The SMILES string of the molecule is CC/C=C/C=C/C=C\C=C/CCCCCC(=O)OC1C(OCC(NC(=O)C(O)CCCCCCCCCCC/C=C\C/C=C\C/C=C\CCCCC)C(O)/C=C/CCCCCCCCCCCC)OC(CO)C(O)C1O. The third kappa shape index (κ3) is 39.9. The number of aliphatic hydroxyl groups is 5. The summed E-state index contributed by atoms with van der Waals surface area (Å²) in [7, 11) is 0. The van der Waals surface area contributed by atoms with E-state index < -0.39 is 67.4 Å². The number of ether oxygens (including phenoxy) is 3. The molecule has 1 saturated heterocycles. The molecule has 0 aliphatic carbocycles. The summed E-state index contributed by atoms with van der Waals surface area (Å²) in [5.74, 6) is -1.25. The molecule has 0 spiro atoms. The van der Waals surface area contributed by atoms with Crippen LogP contribution in [0.2, 0.25) is 0 Å². The molecular weight excluding hydrogens is 955 g/mol. The molecule has 0 radical (unpaired) electrons. The lowest BCUT2D eigenvalue weighted by atomic mass is 9.99. The van der Waals surface area contributed by atoms with Crippen molar-refractivity contribution in [2.45, 2.75) is 288 Å². The fourth-order valence-electron chi connectivity index (χ4n) is 8.96. The van der Waals surface area contributed by atoms with Crippen molar-refractivity contribution in [1.82, 2.24) is 5.32 Å². The molecule has 0 aromatic carbocycles. The molecule has 8 atom stereocenters. The van der Waals surface area contributed by atoms with Gasteiger partial charge in [0.15, 0.2) is 12.4 Å². The third-order valence-electron chi connectivity index (χ3n) is 13.8. The number of allylic oxidation sites excluding steroid dienone is 15. The Kier molecular flexibility index (Phi) is 48.6. The largest absolute Gasteiger partial charge is 0.454 e. The molecule has 8 unspecified atom stereocenters. The Hall–Kier alpha value is -3.42. The molecule has 0 saturated carbocycles. The number of hydrogen-bond donors (Lipinski definition) is 6. The minimum absolute atomic E-state index is 0.0729. The average molecular weight is 1070 g/mol. The van der Waals surface area contributed by atoms with Gasteiger partial charge >= 0.3 is 5.97 Å². The molecule has 1 aliphatic rings. The number of rotatable bonds is 50. The summed E-state index contributed by atoms with van der Waals surface area (Å²) in [5.41, 5.74) is 0. The van der Waals surface area contributed by atoms with Gasteiger partial charge in [0.25, 0.3) is 0 Å². The molecule has 0 aromatic heterocycles. The molecule has 1 fully saturated rings. The standard InChI is InChI=1S/C65H111NO10/c1-4-7-10-13-16-19-22-25-26-27-28-29-30-31-32-33-35-37-40-43-46-49-52-58(69)64(73)66-56(57(68)51-48-45-42-39-36-24-21-18-15-12-9-6-3)55-74-65-63(62(72)61(71)59(54-67)75-65)76-60(70)53-50-47-44-41-38-34-23-20-17-14-11-8-5-2/h8,11,14,16-17,19-20,23,25-26,28-29,34,38,48,51,56-59,61-63,65,67-69,71-72H,4-7,9-10,12-13,15,18,21-22,24,27,30-33,35-37,39-47,49-50,52-55H2,1-3H3,(H,66,73)/b11-8+,17-14+,19-16-,23-20-,26-25-,29-28-,38-34-,51-48+. The predicted molar refractivity (Wildman–Crippen MR) is 315 cm³/mol. The first-order chi connectivity index (χ1) is 37.2. The molecule has 11 nitrogen and oxygen atoms in total. The molecule has 1 amide bonds. The van der Waals surface area contributed by atoms with E-state index in [1.807, 2.05) is 42.5 Å². The van der Waals surface area contributed by atoms with Gasteiger partial charge in [-0.05, 0) is 83.5 Å². The van der Waals surface area contributed by atoms with Crippen LogP contribution in [0.4, 0.5) is 0 Å². The number of hydrogen-bond acceptors (Lipinski definition) is 10. The lowest BCUT2D eigenvalue weighted by molar-refractivity contribution is -0.305. The fraction of sp³-hybridized carbons (Fsp3) is 0.723. The van der Waals surface area contributed by atoms with E-state index in [1.165, 1.54) is 103 Å². The summed E-state index contributed by atoms with van der Waals surface area (Å²) in [5, 5.41) is 56.9. The zero-order valence-corrected chi connectivity index (χ0v) is 48.1. The van der Waals surface area contributed by atoms with Crippen LogP contribution in [0.5, 0.6) is 0 Å². The van der Waals surface area contributed by atoms with E-state index in [0.717, 1.165) is 89.9 Å². The first-order valence-electron chi connectivity index (χ1n) is 30.6. The molecule has 0 bridgehead atoms. The van der Waals surface area contributed by atoms with Crippen molar-refractivity contribution < 1.29 is 49.3 Å². The number of unbranched alkanes of at least 4 members (excludes halogenated alkanes) is 25. The van der Waals surface area contributed by atoms with Gasteiger partial charge in [-0.25, -0.2) is 0 Å². The van der Waals surface area contributed by atoms with Crippen molar-refractivity contribution in [3.8, 4) is 0 Å². The number of aliphatic hydroxyl groups excluding tert-OH is 5. The van der Waals surface area contributed by atoms with E-state index in [-0.39, 0.29) is 19.4 Å². The highest BCUT2D eigenvalue weighted by Gasteiger charge is 2.47. The van der Waals surface area contributed by atoms with Gasteiger partial charge in [0.05, 0.1) is 25.4 Å². The molecule has 1 heterocycles. The number of esters is 1. The summed E-state index contributed by atoms with van der Waals surface area (Å²) >= 11 is 0. The second-order valence-electron chi connectivity index (χ2n) is 20.8. The quantitative estimate of drug-likeness (QED) is 0.0149. The van der Waals surface area contributed by atoms with Gasteiger partial charge in [0.1, 0.15) is 24.4 Å². The normalized spacial score (nSPS) is 19.8. The topological polar surface area (TPSA) is 175 Å². The molecule has 11 heteroatoms. The number of carbonyl (C=O) groups excluding carboxylic acids is 2. The van der Waals surface area contributed by atoms with Crippen molar-refractivity contribution in [2.24, 2.45) is 0 Å². The van der Waals surface area contributed by atoms with E-state index in [2.05, 4.69) is 74.7 Å². The van der Waals surface area contributed by atoms with Gasteiger partial charge < -0.3 is 45.1 Å². The second kappa shape index (κ2) is 52.3. The van der Waals surface area contributed by atoms with Gasteiger partial charge in [0, 0.05) is 6.42 Å². The van der Waals surface area contributed by atoms with Crippen molar-refractivity contribution in [2.75, 3.05) is 13.2 Å². The Morgan fingerprint density at radius 1 is 0.539 bits per heavy atom. The second-order valence-corrected chi connectivity index (χ2v) is 20.8. The van der Waals surface area contributed by atoms with E-state index in [1.54, 1.807) is 6.08 Å². The van der Waals surface area contributed by atoms with Crippen LogP contribution < -0.4 is 5.32 Å². The van der Waals surface area contributed by atoms with Crippen molar-refractivity contribution in [3.05, 3.63) is 97.2 Å². The molecule has 436 valence electrons. The molecule has 0 aromatic rings. The first kappa shape index (κ1) is 70.6. The van der Waals surface area contributed by atoms with Crippen LogP contribution in [-0.2, 0) is 23.8 Å². The third-order valence-corrected chi connectivity index (χ3v) is 13.8. The van der Waals surface area contributed by atoms with Crippen molar-refractivity contribution in [1.29, 1.82) is 0 Å². The van der Waals surface area contributed by atoms with Crippen molar-refractivity contribution >= 4 is 11.9 Å². The Morgan fingerprint density at radius 2 is 1.00 bits per heavy atom. The van der Waals surface area contributed by atoms with Crippen LogP contribution in [0, 0.1) is 0 Å². The highest BCUT2D eigenvalue weighted by Crippen LogP contribution is 2.26. The van der Waals surface area contributed by atoms with E-state index in [4.69, 9.17) is 14.2 Å². The number of nitrogens with one attached hydrogen (secondary N) is 1. The van der Waals surface area contributed by atoms with Gasteiger partial charge in [0.2, 0.25) is 5.91 Å². The Morgan fingerprint density at radius 3 is 1.57 bits per heavy atom. The van der Waals surface area contributed by atoms with Crippen LogP contribution >= 0.6 is 0 Å². The maximum Gasteiger partial charge on any atom is 0.306 e. The zero-order valence-electron chi connectivity index (χ0n) is 48.1. The summed E-state index contributed by atoms with van der Waals surface area (Å²) in [6, 6.07) is -1.04. The number of amides is 1. The molecule has 1 rings (SSSR count). The smallest absolute Gasteiger partial charge is 0.306 e. The van der Waals surface area contributed by atoms with Crippen LogP contribution in [0.25, 0.3) is 0 Å². The van der Waals surface area contributed by atoms with Crippen LogP contribution in [0.1, 0.15) is 239 Å². The summed E-state index contributed by atoms with van der Waals surface area (Å²) in [4.78, 5) is 26.5. The fourth-order valence-corrected chi connectivity index (χ4v) is 8.96. The van der Waals surface area contributed by atoms with Gasteiger partial charge in [-0.2, -0.15) is 0 Å². The zero-order chi connectivity index (χ0) is 55.4. The highest BCUT2D eigenvalue weighted by molar-refractivity contribution is 5.80. The molecule has 76 heavy (non-hydrogen) atoms. The van der Waals surface area contributed by atoms with E-state index in [9.17, 15) is 35.1 Å². The minimum atomic E-state index is -1.63. The lowest BCUT2D eigenvalue weighted by Crippen LogP contribution is -2.61. The van der Waals surface area contributed by atoms with Crippen LogP contribution in [-0.4, -0.2) is 99.6 Å². The van der Waals surface area contributed by atoms with E-state index in [0.29, 0.717) is 12.8 Å². The number of carbonyl (C=O) groups is 2. The summed E-state index contributed by atoms with van der Waals surface area (Å²) in [6.07, 6.45) is 58.8. The molecular formula is C65H111NO10. The Balaban J connectivity index is 2.68. The molecule has 6 N–H and O–H groups in total. The summed E-state index contributed by atoms with van der Waals surface area (Å²) < 4.78 is 17.5. The van der Waals surface area contributed by atoms with Crippen LogP contribution in [0.3, 0.4) is 0 Å². The monoisotopic (exact) mass is 1070 g/mol. The van der Waals surface area contributed by atoms with Crippen molar-refractivity contribution in [3.63, 3.8) is 0 Å². The lowest BCUT2D eigenvalue weighted by Gasteiger charge is -2.41. The predicted octanol–water partition coefficient (Wildman–Crippen LogP) is 14.3. The van der Waals surface area contributed by atoms with Gasteiger partial charge in [-0.1, -0.05) is 246 Å².